The standard InChI is InChI=1S/C11H17N7O/c1-18(2)5-3-4-12-11(19)16-9-8-6-15-17-10(8)14-7-13-9/h6-7H,3-5H2,1-2H3,(H3,12,13,14,15,16,17,19). The van der Waals surface area contributed by atoms with Gasteiger partial charge in [-0.25, -0.2) is 14.8 Å². The first-order valence-electron chi connectivity index (χ1n) is 6.00. The van der Waals surface area contributed by atoms with E-state index in [4.69, 9.17) is 0 Å². The Morgan fingerprint density at radius 1 is 1.42 bits per heavy atom. The number of aromatic amines is 1. The number of anilines is 1. The van der Waals surface area contributed by atoms with Crippen LogP contribution in [0.2, 0.25) is 0 Å². The van der Waals surface area contributed by atoms with Gasteiger partial charge in [-0.05, 0) is 27.1 Å². The Kier molecular flexibility index (Phi) is 4.24. The summed E-state index contributed by atoms with van der Waals surface area (Å²) in [5, 5.41) is 12.7. The summed E-state index contributed by atoms with van der Waals surface area (Å²) in [6.45, 7) is 1.55. The van der Waals surface area contributed by atoms with E-state index < -0.39 is 0 Å². The summed E-state index contributed by atoms with van der Waals surface area (Å²) in [7, 11) is 3.99. The monoisotopic (exact) mass is 263 g/mol. The van der Waals surface area contributed by atoms with E-state index in [-0.39, 0.29) is 6.03 Å². The van der Waals surface area contributed by atoms with E-state index in [1.54, 1.807) is 6.20 Å². The smallest absolute Gasteiger partial charge is 0.320 e. The topological polar surface area (TPSA) is 98.8 Å². The Labute approximate surface area is 110 Å². The van der Waals surface area contributed by atoms with Gasteiger partial charge in [-0.15, -0.1) is 0 Å². The second-order valence-corrected chi connectivity index (χ2v) is 4.39. The third kappa shape index (κ3) is 3.62. The van der Waals surface area contributed by atoms with Gasteiger partial charge in [0.15, 0.2) is 5.65 Å². The molecule has 19 heavy (non-hydrogen) atoms. The van der Waals surface area contributed by atoms with Crippen molar-refractivity contribution in [1.29, 1.82) is 0 Å². The Morgan fingerprint density at radius 2 is 2.26 bits per heavy atom. The Balaban J connectivity index is 1.87. The minimum Gasteiger partial charge on any atom is -0.338 e. The molecule has 0 bridgehead atoms. The van der Waals surface area contributed by atoms with Gasteiger partial charge in [-0.2, -0.15) is 5.10 Å². The second kappa shape index (κ2) is 6.10. The van der Waals surface area contributed by atoms with Crippen molar-refractivity contribution >= 4 is 22.9 Å². The predicted octanol–water partition coefficient (Wildman–Crippen LogP) is 0.426. The molecular weight excluding hydrogens is 246 g/mol. The molecule has 0 aliphatic heterocycles. The average Bonchev–Trinajstić information content (AvgIpc) is 2.84. The van der Waals surface area contributed by atoms with Crippen molar-refractivity contribution in [3.63, 3.8) is 0 Å². The number of nitrogens with one attached hydrogen (secondary N) is 3. The average molecular weight is 263 g/mol. The van der Waals surface area contributed by atoms with E-state index in [2.05, 4.69) is 35.7 Å². The first-order valence-corrected chi connectivity index (χ1v) is 6.00. The molecular formula is C11H17N7O. The number of H-pyrrole nitrogens is 1. The molecule has 2 aromatic heterocycles. The number of urea groups is 1. The van der Waals surface area contributed by atoms with Crippen LogP contribution >= 0.6 is 0 Å². The molecule has 2 aromatic rings. The summed E-state index contributed by atoms with van der Waals surface area (Å²) in [5.41, 5.74) is 0.595. The molecule has 0 radical (unpaired) electrons. The molecule has 8 heteroatoms. The molecule has 0 spiro atoms. The largest absolute Gasteiger partial charge is 0.338 e. The summed E-state index contributed by atoms with van der Waals surface area (Å²) in [6, 6.07) is -0.278. The van der Waals surface area contributed by atoms with Crippen molar-refractivity contribution in [3.8, 4) is 0 Å². The number of carbonyl (C=O) groups excluding carboxylic acids is 1. The van der Waals surface area contributed by atoms with Gasteiger partial charge < -0.3 is 10.2 Å². The van der Waals surface area contributed by atoms with E-state index in [1.165, 1.54) is 6.33 Å². The fourth-order valence-corrected chi connectivity index (χ4v) is 1.61. The zero-order chi connectivity index (χ0) is 13.7. The van der Waals surface area contributed by atoms with Gasteiger partial charge in [0.1, 0.15) is 12.1 Å². The van der Waals surface area contributed by atoms with Crippen molar-refractivity contribution in [2.75, 3.05) is 32.5 Å². The van der Waals surface area contributed by atoms with Crippen molar-refractivity contribution in [3.05, 3.63) is 12.5 Å². The summed E-state index contributed by atoms with van der Waals surface area (Å²) in [5.74, 6) is 0.448. The molecule has 0 aliphatic carbocycles. The summed E-state index contributed by atoms with van der Waals surface area (Å²) in [6.07, 6.45) is 3.85. The fourth-order valence-electron chi connectivity index (χ4n) is 1.61. The Hall–Kier alpha value is -2.22. The van der Waals surface area contributed by atoms with Crippen molar-refractivity contribution in [1.82, 2.24) is 30.4 Å². The first kappa shape index (κ1) is 13.2. The zero-order valence-electron chi connectivity index (χ0n) is 11.0. The predicted molar refractivity (Wildman–Crippen MR) is 71.9 cm³/mol. The number of hydrogen-bond acceptors (Lipinski definition) is 5. The van der Waals surface area contributed by atoms with Crippen LogP contribution in [0.1, 0.15) is 6.42 Å². The van der Waals surface area contributed by atoms with Gasteiger partial charge in [0.05, 0.1) is 11.6 Å². The number of amides is 2. The van der Waals surface area contributed by atoms with Gasteiger partial charge in [0.2, 0.25) is 0 Å². The quantitative estimate of drug-likeness (QED) is 0.679. The van der Waals surface area contributed by atoms with Crippen LogP contribution in [0.15, 0.2) is 12.5 Å². The highest BCUT2D eigenvalue weighted by molar-refractivity contribution is 5.96. The van der Waals surface area contributed by atoms with Crippen LogP contribution in [0.4, 0.5) is 10.6 Å². The van der Waals surface area contributed by atoms with Gasteiger partial charge in [0, 0.05) is 6.54 Å². The highest BCUT2D eigenvalue weighted by atomic mass is 16.2. The van der Waals surface area contributed by atoms with Crippen molar-refractivity contribution in [2.45, 2.75) is 6.42 Å². The van der Waals surface area contributed by atoms with E-state index in [9.17, 15) is 4.79 Å². The van der Waals surface area contributed by atoms with Crippen LogP contribution in [0, 0.1) is 0 Å². The number of fused-ring (bicyclic) bond motifs is 1. The maximum Gasteiger partial charge on any atom is 0.320 e. The van der Waals surface area contributed by atoms with E-state index >= 15 is 0 Å². The van der Waals surface area contributed by atoms with E-state index in [0.717, 1.165) is 13.0 Å². The lowest BCUT2D eigenvalue weighted by atomic mass is 10.4. The molecule has 102 valence electrons. The Morgan fingerprint density at radius 3 is 3.05 bits per heavy atom. The van der Waals surface area contributed by atoms with Gasteiger partial charge >= 0.3 is 6.03 Å². The Bertz CT molecular complexity index is 551. The van der Waals surface area contributed by atoms with Gasteiger partial charge in [-0.3, -0.25) is 10.4 Å². The van der Waals surface area contributed by atoms with Gasteiger partial charge in [0.25, 0.3) is 0 Å². The molecule has 0 aromatic carbocycles. The lowest BCUT2D eigenvalue weighted by Gasteiger charge is -2.10. The highest BCUT2D eigenvalue weighted by Crippen LogP contribution is 2.15. The third-order valence-corrected chi connectivity index (χ3v) is 2.55. The molecule has 0 saturated heterocycles. The summed E-state index contributed by atoms with van der Waals surface area (Å²) >= 11 is 0. The molecule has 0 fully saturated rings. The summed E-state index contributed by atoms with van der Waals surface area (Å²) < 4.78 is 0. The number of hydrogen-bond donors (Lipinski definition) is 3. The molecule has 2 heterocycles. The molecule has 8 nitrogen and oxygen atoms in total. The molecule has 0 unspecified atom stereocenters. The van der Waals surface area contributed by atoms with E-state index in [1.807, 2.05) is 14.1 Å². The van der Waals surface area contributed by atoms with Crippen LogP contribution in [-0.4, -0.2) is 58.3 Å². The lowest BCUT2D eigenvalue weighted by molar-refractivity contribution is 0.251. The lowest BCUT2D eigenvalue weighted by Crippen LogP contribution is -2.31. The van der Waals surface area contributed by atoms with Crippen molar-refractivity contribution in [2.24, 2.45) is 0 Å². The number of aromatic nitrogens is 4. The minimum absolute atomic E-state index is 0.278. The van der Waals surface area contributed by atoms with Crippen molar-refractivity contribution < 1.29 is 4.79 Å². The van der Waals surface area contributed by atoms with Crippen LogP contribution in [0.5, 0.6) is 0 Å². The first-order chi connectivity index (χ1) is 9.16. The van der Waals surface area contributed by atoms with Crippen LogP contribution in [-0.2, 0) is 0 Å². The molecule has 3 N–H and O–H groups in total. The number of rotatable bonds is 5. The SMILES string of the molecule is CN(C)CCCNC(=O)Nc1ncnc2[nH]ncc12. The maximum atomic E-state index is 11.7. The number of carbonyl (C=O) groups is 1. The molecule has 0 atom stereocenters. The highest BCUT2D eigenvalue weighted by Gasteiger charge is 2.08. The minimum atomic E-state index is -0.278. The van der Waals surface area contributed by atoms with Gasteiger partial charge in [-0.1, -0.05) is 0 Å². The molecule has 0 aliphatic rings. The fraction of sp³-hybridized carbons (Fsp3) is 0.455. The maximum absolute atomic E-state index is 11.7. The van der Waals surface area contributed by atoms with Crippen LogP contribution in [0.25, 0.3) is 11.0 Å². The summed E-state index contributed by atoms with van der Waals surface area (Å²) in [4.78, 5) is 21.8. The normalized spacial score (nSPS) is 10.9. The number of nitrogens with zero attached hydrogens (tertiary/aromatic N) is 4. The molecule has 2 amide bonds. The third-order valence-electron chi connectivity index (χ3n) is 2.55. The second-order valence-electron chi connectivity index (χ2n) is 4.39. The zero-order valence-corrected chi connectivity index (χ0v) is 11.0. The molecule has 2 rings (SSSR count). The molecule has 0 saturated carbocycles. The van der Waals surface area contributed by atoms with Crippen LogP contribution < -0.4 is 10.6 Å². The van der Waals surface area contributed by atoms with E-state index in [0.29, 0.717) is 23.4 Å². The van der Waals surface area contributed by atoms with Crippen LogP contribution in [0.3, 0.4) is 0 Å².